The van der Waals surface area contributed by atoms with E-state index in [1.165, 1.54) is 12.8 Å². The zero-order valence-electron chi connectivity index (χ0n) is 12.1. The Bertz CT molecular complexity index is 226. The molecule has 0 rings (SSSR count). The van der Waals surface area contributed by atoms with Crippen molar-refractivity contribution in [2.24, 2.45) is 5.41 Å². The van der Waals surface area contributed by atoms with Crippen LogP contribution in [0.4, 0.5) is 0 Å². The summed E-state index contributed by atoms with van der Waals surface area (Å²) in [7, 11) is 2.16. The maximum atomic E-state index is 10.9. The normalized spacial score (nSPS) is 14.0. The van der Waals surface area contributed by atoms with Crippen molar-refractivity contribution >= 4 is 5.97 Å². The predicted molar refractivity (Wildman–Crippen MR) is 72.3 cm³/mol. The minimum Gasteiger partial charge on any atom is -0.481 e. The topological polar surface area (TPSA) is 40.5 Å². The SMILES string of the molecule is CCCC(C)N(C)CCCCC(C)(C)C(=O)O. The van der Waals surface area contributed by atoms with E-state index in [9.17, 15) is 4.79 Å². The van der Waals surface area contributed by atoms with Crippen molar-refractivity contribution in [1.82, 2.24) is 4.90 Å². The summed E-state index contributed by atoms with van der Waals surface area (Å²) in [5.41, 5.74) is -0.576. The molecule has 0 radical (unpaired) electrons. The number of hydrogen-bond donors (Lipinski definition) is 1. The molecule has 0 amide bonds. The Labute approximate surface area is 106 Å². The molecule has 0 aromatic heterocycles. The van der Waals surface area contributed by atoms with Crippen molar-refractivity contribution < 1.29 is 9.90 Å². The van der Waals surface area contributed by atoms with Gasteiger partial charge in [0.2, 0.25) is 0 Å². The largest absolute Gasteiger partial charge is 0.481 e. The first-order valence-corrected chi connectivity index (χ1v) is 6.75. The van der Waals surface area contributed by atoms with Gasteiger partial charge in [0.25, 0.3) is 0 Å². The minimum absolute atomic E-state index is 0.576. The van der Waals surface area contributed by atoms with Crippen LogP contribution in [0.1, 0.15) is 59.8 Å². The molecule has 1 atom stereocenters. The molecule has 0 saturated carbocycles. The molecule has 0 bridgehead atoms. The van der Waals surface area contributed by atoms with E-state index in [-0.39, 0.29) is 0 Å². The molecule has 0 aromatic rings. The predicted octanol–water partition coefficient (Wildman–Crippen LogP) is 3.39. The second-order valence-corrected chi connectivity index (χ2v) is 5.76. The summed E-state index contributed by atoms with van der Waals surface area (Å²) >= 11 is 0. The molecule has 3 heteroatoms. The molecule has 102 valence electrons. The number of hydrogen-bond acceptors (Lipinski definition) is 2. The van der Waals surface area contributed by atoms with Gasteiger partial charge >= 0.3 is 5.97 Å². The molecule has 0 saturated heterocycles. The molecule has 0 heterocycles. The van der Waals surface area contributed by atoms with Crippen molar-refractivity contribution in [2.45, 2.75) is 65.8 Å². The molecule has 1 unspecified atom stereocenters. The highest BCUT2D eigenvalue weighted by atomic mass is 16.4. The molecule has 3 nitrogen and oxygen atoms in total. The van der Waals surface area contributed by atoms with Gasteiger partial charge in [0.15, 0.2) is 0 Å². The molecule has 1 N–H and O–H groups in total. The Hall–Kier alpha value is -0.570. The molecule has 17 heavy (non-hydrogen) atoms. The van der Waals surface area contributed by atoms with Gasteiger partial charge in [-0.3, -0.25) is 4.79 Å². The van der Waals surface area contributed by atoms with Gasteiger partial charge in [-0.1, -0.05) is 19.8 Å². The molecule has 0 fully saturated rings. The fraction of sp³-hybridized carbons (Fsp3) is 0.929. The molecule has 0 spiro atoms. The summed E-state index contributed by atoms with van der Waals surface area (Å²) in [6.45, 7) is 9.14. The van der Waals surface area contributed by atoms with Gasteiger partial charge in [-0.15, -0.1) is 0 Å². The van der Waals surface area contributed by atoms with Crippen molar-refractivity contribution in [3.63, 3.8) is 0 Å². The van der Waals surface area contributed by atoms with Crippen LogP contribution in [-0.2, 0) is 4.79 Å². The van der Waals surface area contributed by atoms with E-state index in [1.54, 1.807) is 13.8 Å². The zero-order chi connectivity index (χ0) is 13.5. The Balaban J connectivity index is 3.74. The van der Waals surface area contributed by atoms with E-state index < -0.39 is 11.4 Å². The van der Waals surface area contributed by atoms with Gasteiger partial charge in [0.05, 0.1) is 5.41 Å². The monoisotopic (exact) mass is 243 g/mol. The van der Waals surface area contributed by atoms with E-state index in [0.717, 1.165) is 25.8 Å². The number of carbonyl (C=O) groups is 1. The van der Waals surface area contributed by atoms with Gasteiger partial charge < -0.3 is 10.0 Å². The smallest absolute Gasteiger partial charge is 0.309 e. The molecular weight excluding hydrogens is 214 g/mol. The summed E-state index contributed by atoms with van der Waals surface area (Å²) in [6.07, 6.45) is 5.29. The lowest BCUT2D eigenvalue weighted by molar-refractivity contribution is -0.147. The maximum Gasteiger partial charge on any atom is 0.309 e. The van der Waals surface area contributed by atoms with Gasteiger partial charge in [0.1, 0.15) is 0 Å². The zero-order valence-corrected chi connectivity index (χ0v) is 12.1. The lowest BCUT2D eigenvalue weighted by Crippen LogP contribution is -2.30. The third-order valence-electron chi connectivity index (χ3n) is 3.60. The highest BCUT2D eigenvalue weighted by molar-refractivity contribution is 5.73. The van der Waals surface area contributed by atoms with E-state index in [0.29, 0.717) is 6.04 Å². The molecule has 0 aromatic carbocycles. The minimum atomic E-state index is -0.690. The van der Waals surface area contributed by atoms with Crippen molar-refractivity contribution in [2.75, 3.05) is 13.6 Å². The summed E-state index contributed by atoms with van der Waals surface area (Å²) in [4.78, 5) is 13.3. The molecule has 0 aliphatic rings. The highest BCUT2D eigenvalue weighted by Crippen LogP contribution is 2.23. The third-order valence-corrected chi connectivity index (χ3v) is 3.60. The average molecular weight is 243 g/mol. The standard InChI is InChI=1S/C14H29NO2/c1-6-9-12(2)15(5)11-8-7-10-14(3,4)13(16)17/h12H,6-11H2,1-5H3,(H,16,17). The maximum absolute atomic E-state index is 10.9. The van der Waals surface area contributed by atoms with E-state index >= 15 is 0 Å². The summed E-state index contributed by atoms with van der Waals surface area (Å²) in [5.74, 6) is -0.690. The first-order valence-electron chi connectivity index (χ1n) is 6.75. The van der Waals surface area contributed by atoms with Crippen molar-refractivity contribution in [3.8, 4) is 0 Å². The van der Waals surface area contributed by atoms with Crippen LogP contribution in [0.15, 0.2) is 0 Å². The van der Waals surface area contributed by atoms with Crippen molar-refractivity contribution in [3.05, 3.63) is 0 Å². The number of unbranched alkanes of at least 4 members (excludes halogenated alkanes) is 1. The first-order chi connectivity index (χ1) is 7.81. The number of carboxylic acids is 1. The van der Waals surface area contributed by atoms with Crippen LogP contribution >= 0.6 is 0 Å². The van der Waals surface area contributed by atoms with Crippen LogP contribution in [0, 0.1) is 5.41 Å². The average Bonchev–Trinajstić information content (AvgIpc) is 2.24. The number of aliphatic carboxylic acids is 1. The van der Waals surface area contributed by atoms with Gasteiger partial charge in [-0.05, 0) is 53.6 Å². The van der Waals surface area contributed by atoms with Crippen molar-refractivity contribution in [1.29, 1.82) is 0 Å². The number of nitrogens with zero attached hydrogens (tertiary/aromatic N) is 1. The number of rotatable bonds is 9. The Morgan fingerprint density at radius 2 is 1.94 bits per heavy atom. The highest BCUT2D eigenvalue weighted by Gasteiger charge is 2.26. The van der Waals surface area contributed by atoms with Crippen LogP contribution in [0.2, 0.25) is 0 Å². The lowest BCUT2D eigenvalue weighted by Gasteiger charge is -2.25. The second-order valence-electron chi connectivity index (χ2n) is 5.76. The molecule has 0 aliphatic carbocycles. The second kappa shape index (κ2) is 7.70. The quantitative estimate of drug-likeness (QED) is 0.631. The van der Waals surface area contributed by atoms with Gasteiger partial charge in [0, 0.05) is 6.04 Å². The summed E-state index contributed by atoms with van der Waals surface area (Å²) < 4.78 is 0. The summed E-state index contributed by atoms with van der Waals surface area (Å²) in [6, 6.07) is 0.632. The van der Waals surface area contributed by atoms with E-state index in [4.69, 9.17) is 5.11 Å². The molecular formula is C14H29NO2. The fourth-order valence-corrected chi connectivity index (χ4v) is 1.89. The lowest BCUT2D eigenvalue weighted by atomic mass is 9.87. The van der Waals surface area contributed by atoms with E-state index in [2.05, 4.69) is 25.8 Å². The van der Waals surface area contributed by atoms with Gasteiger partial charge in [-0.2, -0.15) is 0 Å². The Morgan fingerprint density at radius 3 is 2.41 bits per heavy atom. The number of carboxylic acid groups (broad SMARTS) is 1. The van der Waals surface area contributed by atoms with Crippen LogP contribution in [0.3, 0.4) is 0 Å². The Morgan fingerprint density at radius 1 is 1.35 bits per heavy atom. The van der Waals surface area contributed by atoms with Gasteiger partial charge in [-0.25, -0.2) is 0 Å². The van der Waals surface area contributed by atoms with Crippen LogP contribution in [0.5, 0.6) is 0 Å². The fourth-order valence-electron chi connectivity index (χ4n) is 1.89. The molecule has 0 aliphatic heterocycles. The van der Waals surface area contributed by atoms with E-state index in [1.807, 2.05) is 0 Å². The summed E-state index contributed by atoms with van der Waals surface area (Å²) in [5, 5.41) is 9.00. The van der Waals surface area contributed by atoms with Crippen LogP contribution in [-0.4, -0.2) is 35.6 Å². The first kappa shape index (κ1) is 16.4. The van der Waals surface area contributed by atoms with Crippen LogP contribution < -0.4 is 0 Å². The van der Waals surface area contributed by atoms with Crippen LogP contribution in [0.25, 0.3) is 0 Å². The third kappa shape index (κ3) is 6.67. The Kier molecular flexibility index (Phi) is 7.44.